The van der Waals surface area contributed by atoms with Gasteiger partial charge in [-0.2, -0.15) is 0 Å². The molecule has 1 heterocycles. The molecular weight excluding hydrogens is 162 g/mol. The van der Waals surface area contributed by atoms with Crippen molar-refractivity contribution in [1.82, 2.24) is 5.32 Å². The highest BCUT2D eigenvalue weighted by Crippen LogP contribution is 2.28. The topological polar surface area (TPSA) is 29.1 Å². The number of hydrogen-bond donors (Lipinski definition) is 1. The van der Waals surface area contributed by atoms with Gasteiger partial charge in [-0.25, -0.2) is 0 Å². The highest BCUT2D eigenvalue weighted by atomic mass is 16.2. The van der Waals surface area contributed by atoms with Crippen molar-refractivity contribution in [3.63, 3.8) is 0 Å². The summed E-state index contributed by atoms with van der Waals surface area (Å²) in [6, 6.07) is 9.97. The lowest BCUT2D eigenvalue weighted by molar-refractivity contribution is -0.120. The summed E-state index contributed by atoms with van der Waals surface area (Å²) in [5.41, 5.74) is 1.13. The van der Waals surface area contributed by atoms with Crippen LogP contribution in [0.2, 0.25) is 0 Å². The second-order valence-electron chi connectivity index (χ2n) is 3.61. The van der Waals surface area contributed by atoms with Gasteiger partial charge in [-0.05, 0) is 11.5 Å². The van der Waals surface area contributed by atoms with E-state index in [4.69, 9.17) is 0 Å². The van der Waals surface area contributed by atoms with Crippen molar-refractivity contribution in [1.29, 1.82) is 0 Å². The van der Waals surface area contributed by atoms with Gasteiger partial charge in [-0.15, -0.1) is 0 Å². The first-order valence-corrected chi connectivity index (χ1v) is 4.61. The fraction of sp³-hybridized carbons (Fsp3) is 0.364. The summed E-state index contributed by atoms with van der Waals surface area (Å²) in [6.45, 7) is 2.91. The van der Waals surface area contributed by atoms with Crippen LogP contribution in [0.1, 0.15) is 18.4 Å². The lowest BCUT2D eigenvalue weighted by Crippen LogP contribution is -2.17. The number of amides is 1. The van der Waals surface area contributed by atoms with Crippen LogP contribution < -0.4 is 5.32 Å². The fourth-order valence-electron chi connectivity index (χ4n) is 1.89. The first kappa shape index (κ1) is 8.30. The number of carbonyl (C=O) groups is 1. The monoisotopic (exact) mass is 175 g/mol. The molecule has 68 valence electrons. The van der Waals surface area contributed by atoms with Crippen LogP contribution in [0.5, 0.6) is 0 Å². The molecule has 1 amide bonds. The Morgan fingerprint density at radius 1 is 1.31 bits per heavy atom. The largest absolute Gasteiger partial charge is 0.355 e. The van der Waals surface area contributed by atoms with E-state index < -0.39 is 0 Å². The van der Waals surface area contributed by atoms with Crippen LogP contribution in [-0.4, -0.2) is 12.5 Å². The summed E-state index contributed by atoms with van der Waals surface area (Å²) < 4.78 is 0. The minimum atomic E-state index is 0.0567. The molecule has 0 spiro atoms. The van der Waals surface area contributed by atoms with Gasteiger partial charge >= 0.3 is 0 Å². The Bertz CT molecular complexity index is 307. The summed E-state index contributed by atoms with van der Waals surface area (Å²) in [5.74, 6) is 0.634. The molecule has 2 atom stereocenters. The number of rotatable bonds is 1. The average molecular weight is 175 g/mol. The molecule has 1 aromatic rings. The maximum Gasteiger partial charge on any atom is 0.227 e. The summed E-state index contributed by atoms with van der Waals surface area (Å²) >= 11 is 0. The van der Waals surface area contributed by atoms with Crippen LogP contribution in [0.25, 0.3) is 0 Å². The van der Waals surface area contributed by atoms with Crippen LogP contribution >= 0.6 is 0 Å². The molecule has 2 unspecified atom stereocenters. The molecule has 13 heavy (non-hydrogen) atoms. The Morgan fingerprint density at radius 3 is 2.54 bits per heavy atom. The van der Waals surface area contributed by atoms with E-state index in [1.165, 1.54) is 0 Å². The molecule has 0 radical (unpaired) electrons. The van der Waals surface area contributed by atoms with Crippen LogP contribution in [0.3, 0.4) is 0 Å². The fourth-order valence-corrected chi connectivity index (χ4v) is 1.89. The van der Waals surface area contributed by atoms with Gasteiger partial charge in [-0.3, -0.25) is 4.79 Å². The second-order valence-corrected chi connectivity index (χ2v) is 3.61. The zero-order chi connectivity index (χ0) is 9.26. The zero-order valence-electron chi connectivity index (χ0n) is 7.66. The van der Waals surface area contributed by atoms with Crippen molar-refractivity contribution in [3.05, 3.63) is 35.9 Å². The van der Waals surface area contributed by atoms with Gasteiger partial charge in [-0.1, -0.05) is 37.3 Å². The smallest absolute Gasteiger partial charge is 0.227 e. The molecule has 1 aliphatic heterocycles. The summed E-state index contributed by atoms with van der Waals surface area (Å²) in [6.07, 6.45) is 0. The Hall–Kier alpha value is -1.31. The maximum atomic E-state index is 11.5. The number of benzene rings is 1. The third-order valence-electron chi connectivity index (χ3n) is 2.61. The first-order chi connectivity index (χ1) is 6.29. The van der Waals surface area contributed by atoms with Gasteiger partial charge in [0.25, 0.3) is 0 Å². The predicted octanol–water partition coefficient (Wildman–Crippen LogP) is 1.54. The van der Waals surface area contributed by atoms with E-state index in [1.54, 1.807) is 0 Å². The van der Waals surface area contributed by atoms with Crippen LogP contribution in [0.15, 0.2) is 30.3 Å². The molecule has 1 N–H and O–H groups in total. The van der Waals surface area contributed by atoms with Crippen molar-refractivity contribution in [2.45, 2.75) is 12.8 Å². The number of nitrogens with one attached hydrogen (secondary N) is 1. The minimum Gasteiger partial charge on any atom is -0.355 e. The summed E-state index contributed by atoms with van der Waals surface area (Å²) in [4.78, 5) is 11.5. The highest BCUT2D eigenvalue weighted by molar-refractivity contribution is 5.86. The minimum absolute atomic E-state index is 0.0567. The van der Waals surface area contributed by atoms with Crippen LogP contribution in [-0.2, 0) is 4.79 Å². The summed E-state index contributed by atoms with van der Waals surface area (Å²) in [7, 11) is 0. The van der Waals surface area contributed by atoms with E-state index in [1.807, 2.05) is 30.3 Å². The number of carbonyl (C=O) groups excluding carboxylic acids is 1. The third-order valence-corrected chi connectivity index (χ3v) is 2.61. The lowest BCUT2D eigenvalue weighted by atomic mass is 9.90. The molecule has 0 aliphatic carbocycles. The van der Waals surface area contributed by atoms with Gasteiger partial charge < -0.3 is 5.32 Å². The SMILES string of the molecule is CC1CNC(=O)C1c1ccccc1. The quantitative estimate of drug-likeness (QED) is 0.689. The van der Waals surface area contributed by atoms with E-state index >= 15 is 0 Å². The molecule has 1 aromatic carbocycles. The Morgan fingerprint density at radius 2 is 2.00 bits per heavy atom. The van der Waals surface area contributed by atoms with Gasteiger partial charge in [0, 0.05) is 6.54 Å². The normalized spacial score (nSPS) is 27.3. The zero-order valence-corrected chi connectivity index (χ0v) is 7.66. The number of hydrogen-bond acceptors (Lipinski definition) is 1. The van der Waals surface area contributed by atoms with E-state index in [9.17, 15) is 4.79 Å². The first-order valence-electron chi connectivity index (χ1n) is 4.61. The average Bonchev–Trinajstić information content (AvgIpc) is 2.48. The van der Waals surface area contributed by atoms with E-state index in [0.29, 0.717) is 5.92 Å². The third kappa shape index (κ3) is 1.44. The van der Waals surface area contributed by atoms with Crippen molar-refractivity contribution < 1.29 is 4.79 Å². The van der Waals surface area contributed by atoms with Crippen molar-refractivity contribution >= 4 is 5.91 Å². The molecule has 0 aromatic heterocycles. The molecule has 1 aliphatic rings. The Balaban J connectivity index is 2.30. The Kier molecular flexibility index (Phi) is 2.05. The molecular formula is C11H13NO. The van der Waals surface area contributed by atoms with Crippen molar-refractivity contribution in [3.8, 4) is 0 Å². The molecule has 2 nitrogen and oxygen atoms in total. The highest BCUT2D eigenvalue weighted by Gasteiger charge is 2.32. The summed E-state index contributed by atoms with van der Waals surface area (Å²) in [5, 5.41) is 2.88. The molecule has 0 bridgehead atoms. The van der Waals surface area contributed by atoms with E-state index in [0.717, 1.165) is 12.1 Å². The van der Waals surface area contributed by atoms with Gasteiger partial charge in [0.15, 0.2) is 0 Å². The maximum absolute atomic E-state index is 11.5. The lowest BCUT2D eigenvalue weighted by Gasteiger charge is -2.11. The standard InChI is InChI=1S/C11H13NO/c1-8-7-12-11(13)10(8)9-5-3-2-4-6-9/h2-6,8,10H,7H2,1H3,(H,12,13). The van der Waals surface area contributed by atoms with Crippen LogP contribution in [0, 0.1) is 5.92 Å². The van der Waals surface area contributed by atoms with Gasteiger partial charge in [0.05, 0.1) is 5.92 Å². The molecule has 1 fully saturated rings. The second kappa shape index (κ2) is 3.21. The van der Waals surface area contributed by atoms with Crippen molar-refractivity contribution in [2.24, 2.45) is 5.92 Å². The van der Waals surface area contributed by atoms with Crippen LogP contribution in [0.4, 0.5) is 0 Å². The van der Waals surface area contributed by atoms with Gasteiger partial charge in [0.2, 0.25) is 5.91 Å². The molecule has 0 saturated carbocycles. The van der Waals surface area contributed by atoms with Crippen molar-refractivity contribution in [2.75, 3.05) is 6.54 Å². The Labute approximate surface area is 78.0 Å². The van der Waals surface area contributed by atoms with E-state index in [2.05, 4.69) is 12.2 Å². The molecule has 2 rings (SSSR count). The van der Waals surface area contributed by atoms with E-state index in [-0.39, 0.29) is 11.8 Å². The molecule has 2 heteroatoms. The molecule has 1 saturated heterocycles. The predicted molar refractivity (Wildman–Crippen MR) is 51.4 cm³/mol. The van der Waals surface area contributed by atoms with Gasteiger partial charge in [0.1, 0.15) is 0 Å².